The molecule has 2 rings (SSSR count). The van der Waals surface area contributed by atoms with Crippen molar-refractivity contribution in [3.8, 4) is 28.7 Å². The van der Waals surface area contributed by atoms with Crippen molar-refractivity contribution in [2.24, 2.45) is 0 Å². The summed E-state index contributed by atoms with van der Waals surface area (Å²) < 4.78 is 26.5. The number of carbonyl (C=O) groups is 1. The molecule has 136 valence electrons. The molecule has 0 bridgehead atoms. The molecule has 0 aromatic heterocycles. The molecule has 2 aromatic rings. The molecular weight excluding hydrogens is 350 g/mol. The van der Waals surface area contributed by atoms with Crippen molar-refractivity contribution < 1.29 is 48.8 Å². The summed E-state index contributed by atoms with van der Waals surface area (Å²) in [5.41, 5.74) is 0.252. The third-order valence-electron chi connectivity index (χ3n) is 3.60. The van der Waals surface area contributed by atoms with Crippen molar-refractivity contribution in [3.63, 3.8) is 0 Å². The maximum atomic E-state index is 12.9. The molecule has 0 radical (unpaired) electrons. The van der Waals surface area contributed by atoms with Gasteiger partial charge in [-0.05, 0) is 20.7 Å². The minimum atomic E-state index is -0.165. The Kier molecular flexibility index (Phi) is 8.81. The van der Waals surface area contributed by atoms with Gasteiger partial charge in [0.2, 0.25) is 0 Å². The van der Waals surface area contributed by atoms with Crippen LogP contribution in [0.2, 0.25) is 0 Å². The van der Waals surface area contributed by atoms with Crippen molar-refractivity contribution in [1.82, 2.24) is 0 Å². The van der Waals surface area contributed by atoms with E-state index in [0.717, 1.165) is 5.30 Å². The van der Waals surface area contributed by atoms with Crippen LogP contribution in [0.1, 0.15) is 11.8 Å². The van der Waals surface area contributed by atoms with E-state index in [1.54, 1.807) is 45.6 Å². The second kappa shape index (κ2) is 10.3. The first-order chi connectivity index (χ1) is 12.1. The molecule has 0 saturated carbocycles. The van der Waals surface area contributed by atoms with Crippen LogP contribution in [0, 0.1) is 0 Å². The van der Waals surface area contributed by atoms with Gasteiger partial charge in [0.25, 0.3) is 0 Å². The van der Waals surface area contributed by atoms with Crippen LogP contribution in [-0.2, 0) is 0 Å². The van der Waals surface area contributed by atoms with E-state index in [1.165, 1.54) is 14.2 Å². The van der Waals surface area contributed by atoms with Gasteiger partial charge in [0.15, 0.2) is 5.52 Å². The molecule has 0 saturated heterocycles. The van der Waals surface area contributed by atoms with E-state index in [9.17, 15) is 4.79 Å². The maximum absolute atomic E-state index is 12.9. The molecule has 0 aliphatic heterocycles. The maximum Gasteiger partial charge on any atom is 1.00 e. The van der Waals surface area contributed by atoms with E-state index >= 15 is 0 Å². The van der Waals surface area contributed by atoms with E-state index in [1.807, 2.05) is 6.07 Å². The van der Waals surface area contributed by atoms with Crippen molar-refractivity contribution in [2.75, 3.05) is 35.5 Å². The third kappa shape index (κ3) is 4.85. The summed E-state index contributed by atoms with van der Waals surface area (Å²) in [4.78, 5) is 12.9. The number of hydrogen-bond donors (Lipinski definition) is 0. The number of carbonyl (C=O) groups excluding carboxylic acids is 1. The standard InChI is InChI=1S/C18H21O6P.Li.H/c1-20-11-6-7-16(13(8-11)22-3)25-18(19)17-14(23-4)9-12(21-2)10-15(17)24-5;;/h6-10,25H,1-5H3;;/q;+1;-1. The predicted molar refractivity (Wildman–Crippen MR) is 99.0 cm³/mol. The Labute approximate surface area is 168 Å². The van der Waals surface area contributed by atoms with Crippen molar-refractivity contribution in [2.45, 2.75) is 0 Å². The van der Waals surface area contributed by atoms with E-state index in [4.69, 9.17) is 23.7 Å². The summed E-state index contributed by atoms with van der Waals surface area (Å²) in [7, 11) is 7.52. The smallest absolute Gasteiger partial charge is 1.00 e. The van der Waals surface area contributed by atoms with Gasteiger partial charge in [-0.2, -0.15) is 0 Å². The van der Waals surface area contributed by atoms with Gasteiger partial charge in [-0.25, -0.2) is 0 Å². The largest absolute Gasteiger partial charge is 1.00 e. The zero-order valence-corrected chi connectivity index (χ0v) is 16.8. The van der Waals surface area contributed by atoms with E-state index in [2.05, 4.69) is 0 Å². The normalized spacial score (nSPS) is 10.2. The molecule has 0 spiro atoms. The Morgan fingerprint density at radius 3 is 1.73 bits per heavy atom. The van der Waals surface area contributed by atoms with Crippen LogP contribution in [0.25, 0.3) is 0 Å². The molecule has 8 heteroatoms. The first kappa shape index (κ1) is 22.2. The van der Waals surface area contributed by atoms with Crippen molar-refractivity contribution in [3.05, 3.63) is 35.9 Å². The monoisotopic (exact) mass is 372 g/mol. The summed E-state index contributed by atoms with van der Waals surface area (Å²) in [6.07, 6.45) is 0. The second-order valence-corrected chi connectivity index (χ2v) is 6.17. The molecule has 0 N–H and O–H groups in total. The van der Waals surface area contributed by atoms with Gasteiger partial charge in [-0.15, -0.1) is 0 Å². The third-order valence-corrected chi connectivity index (χ3v) is 4.76. The molecule has 6 nitrogen and oxygen atoms in total. The topological polar surface area (TPSA) is 63.2 Å². The summed E-state index contributed by atoms with van der Waals surface area (Å²) in [6.45, 7) is 0. The molecule has 0 aliphatic carbocycles. The SMILES string of the molecule is COc1ccc(PC(=O)c2c(OC)cc(OC)cc2OC)c(OC)c1.[H-].[Li+]. The van der Waals surface area contributed by atoms with Crippen molar-refractivity contribution in [1.29, 1.82) is 0 Å². The number of hydrogen-bond acceptors (Lipinski definition) is 6. The second-order valence-electron chi connectivity index (χ2n) is 4.93. The fourth-order valence-corrected chi connectivity index (χ4v) is 3.40. The summed E-state index contributed by atoms with van der Waals surface area (Å²) in [6, 6.07) is 8.67. The Morgan fingerprint density at radius 2 is 1.27 bits per heavy atom. The quantitative estimate of drug-likeness (QED) is 0.480. The molecule has 1 unspecified atom stereocenters. The zero-order chi connectivity index (χ0) is 18.4. The van der Waals surface area contributed by atoms with Crippen LogP contribution in [0.5, 0.6) is 28.7 Å². The average Bonchev–Trinajstić information content (AvgIpc) is 2.66. The van der Waals surface area contributed by atoms with Gasteiger partial charge in [-0.3, -0.25) is 4.79 Å². The van der Waals surface area contributed by atoms with Gasteiger partial charge < -0.3 is 25.1 Å². The van der Waals surface area contributed by atoms with Crippen LogP contribution in [0.15, 0.2) is 30.3 Å². The van der Waals surface area contributed by atoms with Crippen LogP contribution >= 0.6 is 8.58 Å². The molecule has 0 aliphatic rings. The molecular formula is C18H22LiO6P. The first-order valence-corrected chi connectivity index (χ1v) is 8.41. The van der Waals surface area contributed by atoms with E-state index in [0.29, 0.717) is 34.3 Å². The fourth-order valence-electron chi connectivity index (χ4n) is 2.32. The molecule has 0 fully saturated rings. The molecule has 26 heavy (non-hydrogen) atoms. The van der Waals surface area contributed by atoms with Crippen LogP contribution in [0.4, 0.5) is 0 Å². The van der Waals surface area contributed by atoms with E-state index in [-0.39, 0.29) is 34.4 Å². The predicted octanol–water partition coefficient (Wildman–Crippen LogP) is -0.00970. The van der Waals surface area contributed by atoms with Crippen LogP contribution in [0.3, 0.4) is 0 Å². The van der Waals surface area contributed by atoms with Gasteiger partial charge in [0, 0.05) is 23.5 Å². The number of benzene rings is 2. The Bertz CT molecular complexity index is 747. The van der Waals surface area contributed by atoms with Crippen LogP contribution < -0.4 is 47.8 Å². The number of ether oxygens (including phenoxy) is 5. The van der Waals surface area contributed by atoms with Crippen molar-refractivity contribution >= 4 is 19.4 Å². The zero-order valence-electron chi connectivity index (χ0n) is 16.8. The van der Waals surface area contributed by atoms with Gasteiger partial charge in [0.05, 0.1) is 35.5 Å². The summed E-state index contributed by atoms with van der Waals surface area (Å²) in [5.74, 6) is 2.62. The summed E-state index contributed by atoms with van der Waals surface area (Å²) in [5, 5.41) is 0.772. The summed E-state index contributed by atoms with van der Waals surface area (Å²) >= 11 is 0. The van der Waals surface area contributed by atoms with Gasteiger partial charge in [0.1, 0.15) is 34.3 Å². The van der Waals surface area contributed by atoms with Gasteiger partial charge in [-0.1, -0.05) is 0 Å². The average molecular weight is 372 g/mol. The van der Waals surface area contributed by atoms with Gasteiger partial charge >= 0.3 is 18.9 Å². The number of methoxy groups -OCH3 is 5. The molecule has 0 amide bonds. The Balaban J connectivity index is 0.00000338. The molecule has 2 aromatic carbocycles. The fraction of sp³-hybridized carbons (Fsp3) is 0.278. The number of rotatable bonds is 8. The molecule has 0 heterocycles. The van der Waals surface area contributed by atoms with Crippen LogP contribution in [-0.4, -0.2) is 41.1 Å². The first-order valence-electron chi connectivity index (χ1n) is 7.41. The Morgan fingerprint density at radius 1 is 0.769 bits per heavy atom. The van der Waals surface area contributed by atoms with E-state index < -0.39 is 0 Å². The minimum Gasteiger partial charge on any atom is -1.00 e. The minimum absolute atomic E-state index is 0. The Hall–Kier alpha value is -1.86. The molecule has 1 atom stereocenters.